The van der Waals surface area contributed by atoms with Crippen molar-refractivity contribution >= 4 is 18.4 Å². The monoisotopic (exact) mass is 498 g/mol. The fourth-order valence-electron chi connectivity index (χ4n) is 4.74. The van der Waals surface area contributed by atoms with Gasteiger partial charge in [0.15, 0.2) is 0 Å². The topological polar surface area (TPSA) is 0 Å². The van der Waals surface area contributed by atoms with E-state index in [0.29, 0.717) is 0 Å². The second kappa shape index (κ2) is 10.8. The van der Waals surface area contributed by atoms with Crippen molar-refractivity contribution in [2.45, 2.75) is 54.5 Å². The van der Waals surface area contributed by atoms with E-state index in [1.165, 1.54) is 27.8 Å². The Morgan fingerprint density at radius 3 is 1.28 bits per heavy atom. The second-order valence-electron chi connectivity index (χ2n) is 8.31. The normalized spacial score (nSPS) is 13.7. The Hall–Kier alpha value is -0.279. The first kappa shape index (κ1) is 28.7. The molecule has 0 amide bonds. The van der Waals surface area contributed by atoms with Crippen LogP contribution in [0.15, 0.2) is 56.6 Å². The third-order valence-corrected chi connectivity index (χ3v) is 11.3. The first-order chi connectivity index (χ1) is 12.1. The summed E-state index contributed by atoms with van der Waals surface area (Å²) in [6, 6.07) is 14.4. The molecule has 29 heavy (non-hydrogen) atoms. The number of hydrogen-bond donors (Lipinski definition) is 0. The molecule has 154 valence electrons. The van der Waals surface area contributed by atoms with E-state index in [1.54, 1.807) is 25.0 Å². The van der Waals surface area contributed by atoms with E-state index in [-0.39, 0.29) is 37.2 Å². The Bertz CT molecular complexity index is 869. The first-order valence-corrected chi connectivity index (χ1v) is 12.7. The van der Waals surface area contributed by atoms with Gasteiger partial charge >= 0.3 is 172 Å². The van der Waals surface area contributed by atoms with Gasteiger partial charge in [-0.05, 0) is 0 Å². The maximum Gasteiger partial charge on any atom is -1.00 e. The number of allylic oxidation sites excluding steroid dienone is 4. The summed E-state index contributed by atoms with van der Waals surface area (Å²) in [4.78, 5) is 0. The van der Waals surface area contributed by atoms with Crippen LogP contribution in [0.2, 0.25) is 6.55 Å². The fraction of sp³-hybridized carbons (Fsp3) is 0.333. The summed E-state index contributed by atoms with van der Waals surface area (Å²) in [5, 5.41) is 4.75. The molecule has 0 radical (unpaired) electrons. The van der Waals surface area contributed by atoms with Crippen molar-refractivity contribution < 1.29 is 57.7 Å². The van der Waals surface area contributed by atoms with Gasteiger partial charge in [0.25, 0.3) is 0 Å². The van der Waals surface area contributed by atoms with Crippen LogP contribution in [0.3, 0.4) is 0 Å². The summed E-state index contributed by atoms with van der Waals surface area (Å²) in [6.45, 7) is 16.2. The molecule has 0 atom stereocenters. The van der Waals surface area contributed by atoms with E-state index in [2.05, 4.69) is 105 Å². The molecule has 0 unspecified atom stereocenters. The first-order valence-electron chi connectivity index (χ1n) is 9.42. The maximum atomic E-state index is 2.57. The average Bonchev–Trinajstić information content (AvgIpc) is 2.77. The van der Waals surface area contributed by atoms with Crippen molar-refractivity contribution in [1.29, 1.82) is 0 Å². The average molecular weight is 500 g/mol. The van der Waals surface area contributed by atoms with Gasteiger partial charge in [-0.2, -0.15) is 0 Å². The van der Waals surface area contributed by atoms with Crippen LogP contribution in [0.5, 0.6) is 0 Å². The van der Waals surface area contributed by atoms with Crippen LogP contribution >= 0.6 is 0 Å². The molecule has 1 aliphatic carbocycles. The molecule has 0 saturated heterocycles. The summed E-state index contributed by atoms with van der Waals surface area (Å²) < 4.78 is 1.55. The maximum absolute atomic E-state index is 2.57. The molecule has 2 aromatic rings. The molecule has 0 nitrogen and oxygen atoms in total. The molecule has 0 fully saturated rings. The second-order valence-corrected chi connectivity index (χ2v) is 13.2. The molecule has 0 N–H and O–H groups in total. The van der Waals surface area contributed by atoms with E-state index < -0.39 is 8.07 Å². The Kier molecular flexibility index (Phi) is 10.7. The van der Waals surface area contributed by atoms with Crippen LogP contribution in [-0.4, -0.2) is 8.07 Å². The van der Waals surface area contributed by atoms with Gasteiger partial charge in [-0.1, -0.05) is 0 Å². The Morgan fingerprint density at radius 1 is 0.655 bits per heavy atom. The van der Waals surface area contributed by atoms with E-state index in [0.717, 1.165) is 6.42 Å². The molecule has 3 rings (SSSR count). The van der Waals surface area contributed by atoms with Crippen LogP contribution in [0.4, 0.5) is 0 Å². The number of hydrogen-bond acceptors (Lipinski definition) is 0. The van der Waals surface area contributed by atoms with E-state index >= 15 is 0 Å². The Balaban J connectivity index is 0.00000261. The molecular weight excluding hydrogens is 471 g/mol. The zero-order valence-electron chi connectivity index (χ0n) is 18.3. The quantitative estimate of drug-likeness (QED) is 0.380. The zero-order valence-corrected chi connectivity index (χ0v) is 23.1. The Morgan fingerprint density at radius 2 is 1.00 bits per heavy atom. The molecule has 0 bridgehead atoms. The number of benzene rings is 2. The minimum Gasteiger partial charge on any atom is -1.00 e. The molecule has 0 heterocycles. The largest absolute Gasteiger partial charge is 1.00 e. The van der Waals surface area contributed by atoms with Crippen molar-refractivity contribution in [3.8, 4) is 0 Å². The summed E-state index contributed by atoms with van der Waals surface area (Å²) in [7, 11) is -2.04. The summed E-state index contributed by atoms with van der Waals surface area (Å²) >= 11 is 2.31. The van der Waals surface area contributed by atoms with Crippen molar-refractivity contribution in [3.63, 3.8) is 0 Å². The standard InChI is InChI=1S/C24H29Si.3ClH.Ti/c1-16-10-17(2)13-22(12-16)25(7,24-20(5)8-9-21(24)6)23-14-18(3)11-19(4)15-23;;;;/h10-15H,8H2,1-7H3;3*1H;/q;;;;+3/p-3. The van der Waals surface area contributed by atoms with Crippen molar-refractivity contribution in [2.24, 2.45) is 0 Å². The molecule has 1 aliphatic rings. The molecule has 2 aromatic carbocycles. The fourth-order valence-corrected chi connectivity index (χ4v) is 10.4. The van der Waals surface area contributed by atoms with Crippen LogP contribution in [0.1, 0.15) is 42.5 Å². The molecular formula is C24H29Cl3SiTi. The molecule has 5 heteroatoms. The molecule has 0 spiro atoms. The van der Waals surface area contributed by atoms with Gasteiger partial charge in [-0.3, -0.25) is 0 Å². The SMILES string of the molecule is CC1=C([Si](C)(c2cc(C)cc(C)c2)c2cc(C)cc(C)c2)C(C)=[C]([Ti+3])C1.[Cl-].[Cl-].[Cl-]. The number of halogens is 3. The Labute approximate surface area is 208 Å². The van der Waals surface area contributed by atoms with Gasteiger partial charge in [0.2, 0.25) is 0 Å². The minimum absolute atomic E-state index is 0. The summed E-state index contributed by atoms with van der Waals surface area (Å²) in [6.07, 6.45) is 1.14. The van der Waals surface area contributed by atoms with E-state index in [1.807, 2.05) is 0 Å². The van der Waals surface area contributed by atoms with Gasteiger partial charge in [0.1, 0.15) is 0 Å². The van der Waals surface area contributed by atoms with Gasteiger partial charge in [0.05, 0.1) is 0 Å². The smallest absolute Gasteiger partial charge is 1.00 e. The number of rotatable bonds is 3. The van der Waals surface area contributed by atoms with E-state index in [4.69, 9.17) is 0 Å². The summed E-state index contributed by atoms with van der Waals surface area (Å²) in [5.74, 6) is 0. The third kappa shape index (κ3) is 5.50. The van der Waals surface area contributed by atoms with Crippen molar-refractivity contribution in [1.82, 2.24) is 0 Å². The van der Waals surface area contributed by atoms with E-state index in [9.17, 15) is 0 Å². The number of aryl methyl sites for hydroxylation is 4. The van der Waals surface area contributed by atoms with Crippen LogP contribution in [0, 0.1) is 27.7 Å². The van der Waals surface area contributed by atoms with Gasteiger partial charge < -0.3 is 37.2 Å². The minimum atomic E-state index is -2.04. The van der Waals surface area contributed by atoms with Crippen LogP contribution in [0.25, 0.3) is 0 Å². The van der Waals surface area contributed by atoms with Crippen molar-refractivity contribution in [3.05, 3.63) is 78.9 Å². The van der Waals surface area contributed by atoms with Gasteiger partial charge in [-0.15, -0.1) is 0 Å². The predicted molar refractivity (Wildman–Crippen MR) is 113 cm³/mol. The van der Waals surface area contributed by atoms with Crippen molar-refractivity contribution in [2.75, 3.05) is 0 Å². The summed E-state index contributed by atoms with van der Waals surface area (Å²) in [5.41, 5.74) is 8.60. The van der Waals surface area contributed by atoms with Gasteiger partial charge in [0, 0.05) is 0 Å². The van der Waals surface area contributed by atoms with Crippen LogP contribution in [-0.2, 0) is 20.4 Å². The zero-order chi connectivity index (χ0) is 19.2. The van der Waals surface area contributed by atoms with Gasteiger partial charge in [-0.25, -0.2) is 0 Å². The predicted octanol–water partition coefficient (Wildman–Crippen LogP) is -3.79. The third-order valence-electron chi connectivity index (χ3n) is 5.79. The molecule has 0 aliphatic heterocycles. The van der Waals surface area contributed by atoms with Crippen LogP contribution < -0.4 is 47.6 Å². The molecule has 0 aromatic heterocycles. The molecule has 0 saturated carbocycles.